The number of aromatic nitrogens is 3. The number of carbonyl (C=O) groups is 1. The summed E-state index contributed by atoms with van der Waals surface area (Å²) in [6.45, 7) is 3.52. The molecule has 1 saturated heterocycles. The van der Waals surface area contributed by atoms with E-state index in [1.165, 1.54) is 5.56 Å². The molecule has 1 atom stereocenters. The SMILES string of the molecule is Cc1nonc1COc1ccccc1C(=O)N1CCCC(Cc2ccc3ncccc3c2)C1. The molecule has 4 aromatic rings. The second kappa shape index (κ2) is 9.40. The molecule has 0 N–H and O–H groups in total. The number of rotatable bonds is 6. The molecule has 7 heteroatoms. The van der Waals surface area contributed by atoms with Crippen molar-refractivity contribution in [3.05, 3.63) is 83.3 Å². The van der Waals surface area contributed by atoms with E-state index in [0.717, 1.165) is 43.3 Å². The number of likely N-dealkylation sites (tertiary alicyclic amines) is 1. The number of hydrogen-bond donors (Lipinski definition) is 0. The maximum atomic E-state index is 13.4. The van der Waals surface area contributed by atoms with E-state index in [0.29, 0.717) is 28.6 Å². The van der Waals surface area contributed by atoms with Crippen molar-refractivity contribution < 1.29 is 14.2 Å². The van der Waals surface area contributed by atoms with Gasteiger partial charge in [0.05, 0.1) is 11.1 Å². The first kappa shape index (κ1) is 21.1. The Balaban J connectivity index is 1.27. The second-order valence-corrected chi connectivity index (χ2v) is 8.58. The van der Waals surface area contributed by atoms with Crippen molar-refractivity contribution in [3.63, 3.8) is 0 Å². The number of benzene rings is 2. The minimum atomic E-state index is 0.00742. The molecule has 33 heavy (non-hydrogen) atoms. The van der Waals surface area contributed by atoms with Crippen LogP contribution >= 0.6 is 0 Å². The highest BCUT2D eigenvalue weighted by Gasteiger charge is 2.26. The zero-order valence-electron chi connectivity index (χ0n) is 18.6. The summed E-state index contributed by atoms with van der Waals surface area (Å²) in [5.74, 6) is 0.982. The van der Waals surface area contributed by atoms with Gasteiger partial charge in [0.25, 0.3) is 5.91 Å². The van der Waals surface area contributed by atoms with Crippen LogP contribution in [0.25, 0.3) is 10.9 Å². The van der Waals surface area contributed by atoms with E-state index in [2.05, 4.69) is 39.6 Å². The maximum absolute atomic E-state index is 13.4. The van der Waals surface area contributed by atoms with Crippen LogP contribution in [-0.4, -0.2) is 39.2 Å². The minimum Gasteiger partial charge on any atom is -0.486 e. The van der Waals surface area contributed by atoms with Crippen LogP contribution in [0.5, 0.6) is 5.75 Å². The van der Waals surface area contributed by atoms with Crippen LogP contribution in [0.15, 0.2) is 65.4 Å². The van der Waals surface area contributed by atoms with Crippen molar-refractivity contribution in [2.24, 2.45) is 5.92 Å². The van der Waals surface area contributed by atoms with Gasteiger partial charge in [-0.25, -0.2) is 4.63 Å². The van der Waals surface area contributed by atoms with Gasteiger partial charge in [0.2, 0.25) is 0 Å². The van der Waals surface area contributed by atoms with Crippen LogP contribution in [0.2, 0.25) is 0 Å². The summed E-state index contributed by atoms with van der Waals surface area (Å²) < 4.78 is 10.7. The van der Waals surface area contributed by atoms with E-state index in [-0.39, 0.29) is 12.5 Å². The van der Waals surface area contributed by atoms with E-state index >= 15 is 0 Å². The van der Waals surface area contributed by atoms with Crippen LogP contribution in [0.3, 0.4) is 0 Å². The number of hydrogen-bond acceptors (Lipinski definition) is 6. The van der Waals surface area contributed by atoms with Crippen LogP contribution in [0.1, 0.15) is 40.2 Å². The molecule has 2 aromatic carbocycles. The van der Waals surface area contributed by atoms with Crippen molar-refractivity contribution in [3.8, 4) is 5.75 Å². The Labute approximate surface area is 192 Å². The highest BCUT2D eigenvalue weighted by Crippen LogP contribution is 2.27. The lowest BCUT2D eigenvalue weighted by molar-refractivity contribution is 0.0668. The molecule has 1 unspecified atom stereocenters. The predicted octanol–water partition coefficient (Wildman–Crippen LogP) is 4.60. The average molecular weight is 443 g/mol. The molecule has 0 aliphatic carbocycles. The Hall–Kier alpha value is -3.74. The van der Waals surface area contributed by atoms with E-state index in [1.54, 1.807) is 0 Å². The van der Waals surface area contributed by atoms with Gasteiger partial charge in [-0.3, -0.25) is 9.78 Å². The molecule has 5 rings (SSSR count). The number of aryl methyl sites for hydroxylation is 1. The minimum absolute atomic E-state index is 0.00742. The summed E-state index contributed by atoms with van der Waals surface area (Å²) in [5.41, 5.74) is 4.18. The number of amides is 1. The molecule has 1 fully saturated rings. The normalized spacial score (nSPS) is 16.2. The number of pyridine rings is 1. The van der Waals surface area contributed by atoms with Gasteiger partial charge in [-0.05, 0) is 68.0 Å². The molecule has 1 aliphatic heterocycles. The van der Waals surface area contributed by atoms with Gasteiger partial charge in [0.15, 0.2) is 0 Å². The Morgan fingerprint density at radius 2 is 2.06 bits per heavy atom. The predicted molar refractivity (Wildman–Crippen MR) is 124 cm³/mol. The van der Waals surface area contributed by atoms with Gasteiger partial charge in [0, 0.05) is 24.7 Å². The van der Waals surface area contributed by atoms with Crippen LogP contribution < -0.4 is 4.74 Å². The molecule has 1 aliphatic rings. The lowest BCUT2D eigenvalue weighted by Crippen LogP contribution is -2.40. The molecule has 2 aromatic heterocycles. The number of piperidine rings is 1. The third kappa shape index (κ3) is 4.72. The molecular formula is C26H26N4O3. The Kier molecular flexibility index (Phi) is 6.02. The largest absolute Gasteiger partial charge is 0.486 e. The highest BCUT2D eigenvalue weighted by molar-refractivity contribution is 5.97. The van der Waals surface area contributed by atoms with Crippen molar-refractivity contribution in [1.29, 1.82) is 0 Å². The Morgan fingerprint density at radius 1 is 1.15 bits per heavy atom. The van der Waals surface area contributed by atoms with Gasteiger partial charge < -0.3 is 9.64 Å². The first-order valence-electron chi connectivity index (χ1n) is 11.3. The number of fused-ring (bicyclic) bond motifs is 1. The molecule has 168 valence electrons. The van der Waals surface area contributed by atoms with Crippen molar-refractivity contribution in [1.82, 2.24) is 20.2 Å². The molecule has 1 amide bonds. The number of carbonyl (C=O) groups excluding carboxylic acids is 1. The quantitative estimate of drug-likeness (QED) is 0.434. The fourth-order valence-corrected chi connectivity index (χ4v) is 4.47. The molecule has 0 spiro atoms. The van der Waals surface area contributed by atoms with Crippen LogP contribution in [0, 0.1) is 12.8 Å². The lowest BCUT2D eigenvalue weighted by Gasteiger charge is -2.33. The van der Waals surface area contributed by atoms with Crippen molar-refractivity contribution in [2.45, 2.75) is 32.8 Å². The number of nitrogens with zero attached hydrogens (tertiary/aromatic N) is 4. The van der Waals surface area contributed by atoms with Gasteiger partial charge in [-0.2, -0.15) is 0 Å². The first-order valence-corrected chi connectivity index (χ1v) is 11.3. The maximum Gasteiger partial charge on any atom is 0.257 e. The Bertz CT molecular complexity index is 1270. The lowest BCUT2D eigenvalue weighted by atomic mass is 9.90. The fourth-order valence-electron chi connectivity index (χ4n) is 4.47. The van der Waals surface area contributed by atoms with Crippen LogP contribution in [-0.2, 0) is 13.0 Å². The van der Waals surface area contributed by atoms with E-state index in [1.807, 2.05) is 48.4 Å². The smallest absolute Gasteiger partial charge is 0.257 e. The summed E-state index contributed by atoms with van der Waals surface area (Å²) in [6.07, 6.45) is 4.88. The highest BCUT2D eigenvalue weighted by atomic mass is 16.6. The molecule has 0 radical (unpaired) electrons. The Morgan fingerprint density at radius 3 is 2.94 bits per heavy atom. The fraction of sp³-hybridized carbons (Fsp3) is 0.308. The third-order valence-electron chi connectivity index (χ3n) is 6.23. The standard InChI is InChI=1S/C26H26N4O3/c1-18-24(29-33-28-18)17-32-25-9-3-2-8-22(25)26(31)30-13-5-6-20(16-30)14-19-10-11-23-21(15-19)7-4-12-27-23/h2-4,7-12,15,20H,5-6,13-14,16-17H2,1H3. The van der Waals surface area contributed by atoms with E-state index < -0.39 is 0 Å². The molecule has 0 saturated carbocycles. The summed E-state index contributed by atoms with van der Waals surface area (Å²) in [7, 11) is 0. The molecule has 7 nitrogen and oxygen atoms in total. The average Bonchev–Trinajstić information content (AvgIpc) is 3.27. The summed E-state index contributed by atoms with van der Waals surface area (Å²) in [4.78, 5) is 19.8. The summed E-state index contributed by atoms with van der Waals surface area (Å²) in [5, 5.41) is 8.78. The van der Waals surface area contributed by atoms with Gasteiger partial charge >= 0.3 is 0 Å². The van der Waals surface area contributed by atoms with Gasteiger partial charge in [0.1, 0.15) is 23.7 Å². The van der Waals surface area contributed by atoms with Crippen molar-refractivity contribution in [2.75, 3.05) is 13.1 Å². The summed E-state index contributed by atoms with van der Waals surface area (Å²) >= 11 is 0. The van der Waals surface area contributed by atoms with E-state index in [9.17, 15) is 4.79 Å². The third-order valence-corrected chi connectivity index (χ3v) is 6.23. The van der Waals surface area contributed by atoms with Crippen LogP contribution in [0.4, 0.5) is 0 Å². The zero-order valence-corrected chi connectivity index (χ0v) is 18.6. The number of ether oxygens (including phenoxy) is 1. The van der Waals surface area contributed by atoms with Gasteiger partial charge in [-0.15, -0.1) is 0 Å². The zero-order chi connectivity index (χ0) is 22.6. The van der Waals surface area contributed by atoms with Gasteiger partial charge in [-0.1, -0.05) is 34.6 Å². The molecule has 3 heterocycles. The molecule has 0 bridgehead atoms. The summed E-state index contributed by atoms with van der Waals surface area (Å²) in [6, 6.07) is 17.9. The topological polar surface area (TPSA) is 81.3 Å². The number of para-hydroxylation sites is 1. The van der Waals surface area contributed by atoms with Crippen molar-refractivity contribution >= 4 is 16.8 Å². The first-order chi connectivity index (χ1) is 16.2. The van der Waals surface area contributed by atoms with E-state index in [4.69, 9.17) is 9.37 Å². The molecular weight excluding hydrogens is 416 g/mol. The second-order valence-electron chi connectivity index (χ2n) is 8.58. The monoisotopic (exact) mass is 442 g/mol.